The lowest BCUT2D eigenvalue weighted by Gasteiger charge is -2.33. The Morgan fingerprint density at radius 3 is 2.14 bits per heavy atom. The van der Waals surface area contributed by atoms with E-state index < -0.39 is 42.0 Å². The molecule has 9 nitrogen and oxygen atoms in total. The first-order valence-electron chi connectivity index (χ1n) is 18.4. The van der Waals surface area contributed by atoms with Crippen LogP contribution >= 0.6 is 0 Å². The number of likely N-dealkylation sites (N-methyl/N-ethyl adjacent to an activating group) is 2. The van der Waals surface area contributed by atoms with Crippen molar-refractivity contribution >= 4 is 17.7 Å². The summed E-state index contributed by atoms with van der Waals surface area (Å²) in [6.07, 6.45) is 16.1. The van der Waals surface area contributed by atoms with Crippen molar-refractivity contribution in [1.82, 2.24) is 20.4 Å². The topological polar surface area (TPSA) is 122 Å². The van der Waals surface area contributed by atoms with Crippen molar-refractivity contribution in [3.63, 3.8) is 0 Å². The van der Waals surface area contributed by atoms with Crippen molar-refractivity contribution in [3.05, 3.63) is 71.8 Å². The van der Waals surface area contributed by atoms with Crippen molar-refractivity contribution in [3.8, 4) is 24.7 Å². The Balaban J connectivity index is 1.70. The molecule has 3 amide bonds. The quantitative estimate of drug-likeness (QED) is 0.114. The van der Waals surface area contributed by atoms with Gasteiger partial charge in [0.1, 0.15) is 6.04 Å². The summed E-state index contributed by atoms with van der Waals surface area (Å²) in [4.78, 5) is 45.0. The van der Waals surface area contributed by atoms with Crippen LogP contribution in [0.1, 0.15) is 81.8 Å². The average molecular weight is 699 g/mol. The van der Waals surface area contributed by atoms with E-state index in [2.05, 4.69) is 39.5 Å². The minimum absolute atomic E-state index is 0.0448. The summed E-state index contributed by atoms with van der Waals surface area (Å²) < 4.78 is 0. The Morgan fingerprint density at radius 2 is 1.51 bits per heavy atom. The molecule has 276 valence electrons. The molecule has 3 rings (SSSR count). The first kappa shape index (κ1) is 41.3. The van der Waals surface area contributed by atoms with Crippen molar-refractivity contribution < 1.29 is 24.6 Å². The van der Waals surface area contributed by atoms with Gasteiger partial charge in [0, 0.05) is 45.9 Å². The summed E-state index contributed by atoms with van der Waals surface area (Å²) in [7, 11) is 3.75. The van der Waals surface area contributed by atoms with Gasteiger partial charge in [0.15, 0.2) is 0 Å². The van der Waals surface area contributed by atoms with Crippen LogP contribution in [0.15, 0.2) is 60.7 Å². The second-order valence-electron chi connectivity index (χ2n) is 14.1. The summed E-state index contributed by atoms with van der Waals surface area (Å²) in [6, 6.07) is 17.8. The number of benzene rings is 2. The van der Waals surface area contributed by atoms with Crippen LogP contribution in [0.4, 0.5) is 0 Å². The number of nitrogens with one attached hydrogen (secondary N) is 2. The number of aliphatic hydroxyl groups is 2. The van der Waals surface area contributed by atoms with Gasteiger partial charge in [0.2, 0.25) is 17.7 Å². The molecule has 5 atom stereocenters. The van der Waals surface area contributed by atoms with Crippen LogP contribution in [0.2, 0.25) is 0 Å². The molecule has 1 aliphatic carbocycles. The van der Waals surface area contributed by atoms with Gasteiger partial charge in [-0.25, -0.2) is 0 Å². The smallest absolute Gasteiger partial charge is 0.243 e. The van der Waals surface area contributed by atoms with E-state index in [1.165, 1.54) is 5.56 Å². The number of terminal acetylenes is 2. The SMILES string of the molecule is C#CCCCC(O)[C@H](O)C(CC1CCCCC1)NC(=O)[C@H](CC#C)NC(=O)C(CC(=O)N(C)CCN(C)Cc1ccccc1)Cc1ccccc1. The molecule has 0 aliphatic heterocycles. The van der Waals surface area contributed by atoms with Gasteiger partial charge in [0.25, 0.3) is 0 Å². The minimum atomic E-state index is -1.21. The fourth-order valence-electron chi connectivity index (χ4n) is 6.76. The maximum Gasteiger partial charge on any atom is 0.243 e. The third-order valence-corrected chi connectivity index (χ3v) is 9.88. The highest BCUT2D eigenvalue weighted by Gasteiger charge is 2.34. The van der Waals surface area contributed by atoms with E-state index in [1.807, 2.05) is 55.6 Å². The number of amides is 3. The highest BCUT2D eigenvalue weighted by Crippen LogP contribution is 2.29. The Hall–Kier alpha value is -4.15. The van der Waals surface area contributed by atoms with E-state index >= 15 is 0 Å². The van der Waals surface area contributed by atoms with Gasteiger partial charge < -0.3 is 30.6 Å². The maximum absolute atomic E-state index is 13.9. The summed E-state index contributed by atoms with van der Waals surface area (Å²) >= 11 is 0. The Bertz CT molecular complexity index is 1420. The molecular formula is C42H58N4O5. The number of rotatable bonds is 21. The first-order chi connectivity index (χ1) is 24.6. The van der Waals surface area contributed by atoms with Gasteiger partial charge >= 0.3 is 0 Å². The second kappa shape index (κ2) is 22.6. The van der Waals surface area contributed by atoms with Crippen LogP contribution in [0, 0.1) is 36.5 Å². The molecule has 0 heterocycles. The van der Waals surface area contributed by atoms with Crippen molar-refractivity contribution in [2.75, 3.05) is 27.2 Å². The molecule has 9 heteroatoms. The van der Waals surface area contributed by atoms with Gasteiger partial charge in [-0.15, -0.1) is 24.7 Å². The third-order valence-electron chi connectivity index (χ3n) is 9.88. The molecule has 4 N–H and O–H groups in total. The molecule has 0 aromatic heterocycles. The van der Waals surface area contributed by atoms with E-state index in [1.54, 1.807) is 11.9 Å². The molecule has 1 fully saturated rings. The lowest BCUT2D eigenvalue weighted by Crippen LogP contribution is -2.56. The minimum Gasteiger partial charge on any atom is -0.390 e. The fourth-order valence-corrected chi connectivity index (χ4v) is 6.76. The summed E-state index contributed by atoms with van der Waals surface area (Å²) in [5.74, 6) is 3.45. The molecule has 0 bridgehead atoms. The number of nitrogens with zero attached hydrogens (tertiary/aromatic N) is 2. The number of carbonyl (C=O) groups is 3. The summed E-state index contributed by atoms with van der Waals surface area (Å²) in [6.45, 7) is 1.90. The summed E-state index contributed by atoms with van der Waals surface area (Å²) in [5, 5.41) is 27.8. The predicted octanol–water partition coefficient (Wildman–Crippen LogP) is 4.31. The second-order valence-corrected chi connectivity index (χ2v) is 14.1. The lowest BCUT2D eigenvalue weighted by molar-refractivity contribution is -0.137. The van der Waals surface area contributed by atoms with Gasteiger partial charge in [-0.05, 0) is 49.8 Å². The molecule has 0 saturated heterocycles. The van der Waals surface area contributed by atoms with E-state index in [0.717, 1.165) is 44.2 Å². The zero-order valence-electron chi connectivity index (χ0n) is 30.5. The van der Waals surface area contributed by atoms with Crippen LogP contribution in [0.5, 0.6) is 0 Å². The molecule has 1 aliphatic rings. The van der Waals surface area contributed by atoms with Gasteiger partial charge in [-0.2, -0.15) is 0 Å². The van der Waals surface area contributed by atoms with Crippen LogP contribution in [0.25, 0.3) is 0 Å². The highest BCUT2D eigenvalue weighted by atomic mass is 16.3. The lowest BCUT2D eigenvalue weighted by atomic mass is 9.82. The Labute approximate surface area is 305 Å². The monoisotopic (exact) mass is 698 g/mol. The number of unbranched alkanes of at least 4 members (excludes halogenated alkanes) is 1. The molecule has 2 aromatic carbocycles. The molecule has 3 unspecified atom stereocenters. The highest BCUT2D eigenvalue weighted by molar-refractivity contribution is 5.91. The zero-order chi connectivity index (χ0) is 37.0. The zero-order valence-corrected chi connectivity index (χ0v) is 30.5. The molecule has 51 heavy (non-hydrogen) atoms. The number of hydrogen-bond donors (Lipinski definition) is 4. The normalized spacial score (nSPS) is 16.1. The van der Waals surface area contributed by atoms with Crippen LogP contribution in [0.3, 0.4) is 0 Å². The van der Waals surface area contributed by atoms with Gasteiger partial charge in [0.05, 0.1) is 24.2 Å². The molecule has 1 saturated carbocycles. The molecule has 0 spiro atoms. The van der Waals surface area contributed by atoms with E-state index in [0.29, 0.717) is 51.1 Å². The van der Waals surface area contributed by atoms with Crippen molar-refractivity contribution in [1.29, 1.82) is 0 Å². The third kappa shape index (κ3) is 14.9. The fraction of sp³-hybridized carbons (Fsp3) is 0.548. The maximum atomic E-state index is 13.9. The van der Waals surface area contributed by atoms with E-state index in [4.69, 9.17) is 12.8 Å². The number of carbonyl (C=O) groups excluding carboxylic acids is 3. The Morgan fingerprint density at radius 1 is 0.863 bits per heavy atom. The number of aliphatic hydroxyl groups excluding tert-OH is 2. The number of hydrogen-bond acceptors (Lipinski definition) is 6. The first-order valence-corrected chi connectivity index (χ1v) is 18.4. The largest absolute Gasteiger partial charge is 0.390 e. The van der Waals surface area contributed by atoms with Crippen LogP contribution in [-0.2, 0) is 27.3 Å². The molecule has 2 aromatic rings. The average Bonchev–Trinajstić information content (AvgIpc) is 3.14. The van der Waals surface area contributed by atoms with E-state index in [-0.39, 0.29) is 18.7 Å². The molecule has 0 radical (unpaired) electrons. The standard InChI is InChI=1S/C42H58N4O5/c1-5-7-11-25-38(47)40(49)37(29-33-21-14-9-15-22-33)44-42(51)36(18-6-2)43-41(50)35(28-32-19-12-8-13-20-32)30-39(48)46(4)27-26-45(3)31-34-23-16-10-17-24-34/h1-2,8,10,12-13,16-17,19-20,23-24,33,35-38,40,47,49H,7,9,11,14-15,18,21-22,25-31H2,3-4H3,(H,43,50)(H,44,51)/t35?,36-,37?,38?,40+/m0/s1. The van der Waals surface area contributed by atoms with Gasteiger partial charge in [-0.1, -0.05) is 92.8 Å². The predicted molar refractivity (Wildman–Crippen MR) is 202 cm³/mol. The van der Waals surface area contributed by atoms with Crippen molar-refractivity contribution in [2.45, 2.75) is 108 Å². The van der Waals surface area contributed by atoms with Gasteiger partial charge in [-0.3, -0.25) is 14.4 Å². The van der Waals surface area contributed by atoms with Crippen LogP contribution < -0.4 is 10.6 Å². The summed E-state index contributed by atoms with van der Waals surface area (Å²) in [5.41, 5.74) is 2.08. The molecular weight excluding hydrogens is 640 g/mol. The Kier molecular flexibility index (Phi) is 18.3. The van der Waals surface area contributed by atoms with Crippen molar-refractivity contribution in [2.24, 2.45) is 11.8 Å². The van der Waals surface area contributed by atoms with E-state index in [9.17, 15) is 24.6 Å². The van der Waals surface area contributed by atoms with Crippen LogP contribution in [-0.4, -0.2) is 89.2 Å².